The Morgan fingerprint density at radius 1 is 0.250 bits per heavy atom. The highest BCUT2D eigenvalue weighted by atomic mass is 15.1. The first-order valence-corrected chi connectivity index (χ1v) is 22.2. The van der Waals surface area contributed by atoms with Crippen molar-refractivity contribution in [3.8, 4) is 33.4 Å². The van der Waals surface area contributed by atoms with Crippen molar-refractivity contribution in [1.29, 1.82) is 0 Å². The predicted molar refractivity (Wildman–Crippen MR) is 278 cm³/mol. The van der Waals surface area contributed by atoms with Crippen LogP contribution in [0.15, 0.2) is 242 Å². The van der Waals surface area contributed by atoms with E-state index in [0.717, 1.165) is 45.3 Å². The number of anilines is 6. The normalized spacial score (nSPS) is 11.5. The lowest BCUT2D eigenvalue weighted by molar-refractivity contribution is 1.28. The van der Waals surface area contributed by atoms with Crippen LogP contribution in [0.5, 0.6) is 0 Å². The van der Waals surface area contributed by atoms with Gasteiger partial charge in [-0.2, -0.15) is 0 Å². The van der Waals surface area contributed by atoms with Gasteiger partial charge in [0.2, 0.25) is 0 Å². The van der Waals surface area contributed by atoms with Crippen molar-refractivity contribution in [3.05, 3.63) is 253 Å². The van der Waals surface area contributed by atoms with E-state index in [4.69, 9.17) is 0 Å². The maximum Gasteiger partial charge on any atom is 0.0462 e. The van der Waals surface area contributed by atoms with Crippen LogP contribution >= 0.6 is 0 Å². The van der Waals surface area contributed by atoms with Gasteiger partial charge in [0.05, 0.1) is 0 Å². The summed E-state index contributed by atoms with van der Waals surface area (Å²) < 4.78 is 0. The summed E-state index contributed by atoms with van der Waals surface area (Å²) >= 11 is 0. The Bertz CT molecular complexity index is 2680. The van der Waals surface area contributed by atoms with Crippen LogP contribution in [0, 0.1) is 0 Å². The molecule has 0 spiro atoms. The van der Waals surface area contributed by atoms with Gasteiger partial charge in [0.15, 0.2) is 0 Å². The van der Waals surface area contributed by atoms with Crippen LogP contribution < -0.4 is 9.80 Å². The lowest BCUT2D eigenvalue weighted by atomic mass is 10.00. The summed E-state index contributed by atoms with van der Waals surface area (Å²) in [6, 6.07) is 74.5. The number of hydrogen-bond donors (Lipinski definition) is 0. The van der Waals surface area contributed by atoms with Crippen molar-refractivity contribution in [1.82, 2.24) is 0 Å². The third-order valence-electron chi connectivity index (χ3n) is 11.5. The molecular weight excluding hydrogens is 773 g/mol. The highest BCUT2D eigenvalue weighted by molar-refractivity contribution is 5.83. The summed E-state index contributed by atoms with van der Waals surface area (Å²) in [5.74, 6) is 0. The summed E-state index contributed by atoms with van der Waals surface area (Å²) in [5.41, 5.74) is 21.3. The number of hydrogen-bond acceptors (Lipinski definition) is 2. The van der Waals surface area contributed by atoms with Gasteiger partial charge in [-0.05, 0) is 170 Å². The molecule has 0 heterocycles. The molecule has 0 aromatic heterocycles. The van der Waals surface area contributed by atoms with Crippen LogP contribution in [0.1, 0.15) is 52.7 Å². The Labute approximate surface area is 381 Å². The summed E-state index contributed by atoms with van der Waals surface area (Å²) in [7, 11) is 0. The van der Waals surface area contributed by atoms with Gasteiger partial charge >= 0.3 is 0 Å². The Morgan fingerprint density at radius 2 is 0.469 bits per heavy atom. The highest BCUT2D eigenvalue weighted by Gasteiger charge is 2.15. The zero-order chi connectivity index (χ0) is 44.4. The second kappa shape index (κ2) is 20.0. The smallest absolute Gasteiger partial charge is 0.0462 e. The third kappa shape index (κ3) is 10.3. The van der Waals surface area contributed by atoms with Crippen LogP contribution in [-0.2, 0) is 0 Å². The van der Waals surface area contributed by atoms with Gasteiger partial charge in [-0.3, -0.25) is 0 Å². The van der Waals surface area contributed by atoms with Crippen molar-refractivity contribution in [2.75, 3.05) is 9.80 Å². The lowest BCUT2D eigenvalue weighted by Gasteiger charge is -2.26. The quantitative estimate of drug-likeness (QED) is 0.107. The molecule has 314 valence electrons. The molecule has 0 radical (unpaired) electrons. The second-order valence-electron chi connectivity index (χ2n) is 16.9. The van der Waals surface area contributed by atoms with Crippen molar-refractivity contribution in [2.24, 2.45) is 0 Å². The number of benzene rings is 8. The maximum atomic E-state index is 2.32. The van der Waals surface area contributed by atoms with E-state index in [1.165, 1.54) is 55.7 Å². The number of allylic oxidation sites excluding steroid dienone is 8. The van der Waals surface area contributed by atoms with E-state index in [2.05, 4.69) is 282 Å². The molecule has 0 amide bonds. The molecule has 8 rings (SSSR count). The van der Waals surface area contributed by atoms with Gasteiger partial charge in [0, 0.05) is 34.1 Å². The molecule has 0 saturated carbocycles. The van der Waals surface area contributed by atoms with Gasteiger partial charge < -0.3 is 9.80 Å². The second-order valence-corrected chi connectivity index (χ2v) is 16.9. The molecule has 0 bridgehead atoms. The molecule has 8 aromatic carbocycles. The van der Waals surface area contributed by atoms with Crippen molar-refractivity contribution >= 4 is 45.3 Å². The fraction of sp³-hybridized carbons (Fsp3) is 0.0968. The summed E-state index contributed by atoms with van der Waals surface area (Å²) in [6.07, 6.45) is 8.71. The molecule has 2 heteroatoms. The van der Waals surface area contributed by atoms with Gasteiger partial charge in [0.25, 0.3) is 0 Å². The molecule has 0 fully saturated rings. The van der Waals surface area contributed by atoms with Gasteiger partial charge in [-0.15, -0.1) is 0 Å². The first-order valence-electron chi connectivity index (χ1n) is 22.2. The Hall–Kier alpha value is -7.68. The molecule has 0 aliphatic rings. The Kier molecular flexibility index (Phi) is 13.4. The molecule has 0 atom stereocenters. The topological polar surface area (TPSA) is 6.48 Å². The molecule has 2 nitrogen and oxygen atoms in total. The Balaban J connectivity index is 1.02. The molecule has 0 N–H and O–H groups in total. The fourth-order valence-electron chi connectivity index (χ4n) is 7.89. The zero-order valence-electron chi connectivity index (χ0n) is 37.8. The van der Waals surface area contributed by atoms with Gasteiger partial charge in [-0.25, -0.2) is 0 Å². The summed E-state index contributed by atoms with van der Waals surface area (Å²) in [5, 5.41) is 0. The van der Waals surface area contributed by atoms with E-state index in [1.807, 2.05) is 0 Å². The van der Waals surface area contributed by atoms with E-state index in [1.54, 1.807) is 0 Å². The molecular formula is C62H56N2. The lowest BCUT2D eigenvalue weighted by Crippen LogP contribution is -2.10. The van der Waals surface area contributed by atoms with Crippen molar-refractivity contribution in [3.63, 3.8) is 0 Å². The fourth-order valence-corrected chi connectivity index (χ4v) is 7.89. The minimum atomic E-state index is 1.10. The van der Waals surface area contributed by atoms with E-state index in [-0.39, 0.29) is 0 Å². The predicted octanol–water partition coefficient (Wildman–Crippen LogP) is 18.4. The SMILES string of the molecule is CC(C)=C/C=C(\C)c1ccc(-c2ccc(N(c3ccccc3)c3ccc(-c4ccc(N(c5ccccc5)c5ccc(-c6ccc(/C(C)=C/C=C(C)C)cc6)cc5)cc4)cc3)cc2)cc1. The maximum absolute atomic E-state index is 2.32. The van der Waals surface area contributed by atoms with Crippen LogP contribution in [-0.4, -0.2) is 0 Å². The monoisotopic (exact) mass is 828 g/mol. The van der Waals surface area contributed by atoms with Crippen LogP contribution in [0.25, 0.3) is 44.5 Å². The van der Waals surface area contributed by atoms with E-state index >= 15 is 0 Å². The number of nitrogens with zero attached hydrogens (tertiary/aromatic N) is 2. The zero-order valence-corrected chi connectivity index (χ0v) is 37.8. The van der Waals surface area contributed by atoms with Gasteiger partial charge in [0.1, 0.15) is 0 Å². The highest BCUT2D eigenvalue weighted by Crippen LogP contribution is 2.39. The average molecular weight is 829 g/mol. The largest absolute Gasteiger partial charge is 0.311 e. The van der Waals surface area contributed by atoms with Gasteiger partial charge in [-0.1, -0.05) is 169 Å². The standard InChI is InChI=1S/C62H56N2/c1-45(2)17-19-47(5)49-21-25-51(26-22-49)53-29-37-59(38-30-53)63(57-13-9-7-10-14-57)61-41-33-55(34-42-61)56-35-43-62(44-36-56)64(58-15-11-8-12-16-58)60-39-31-54(32-40-60)52-27-23-50(24-28-52)48(6)20-18-46(3)4/h7-44H,1-6H3/b47-19+,48-20+. The van der Waals surface area contributed by atoms with Crippen LogP contribution in [0.2, 0.25) is 0 Å². The number of rotatable bonds is 13. The van der Waals surface area contributed by atoms with E-state index in [9.17, 15) is 0 Å². The van der Waals surface area contributed by atoms with Crippen LogP contribution in [0.4, 0.5) is 34.1 Å². The third-order valence-corrected chi connectivity index (χ3v) is 11.5. The van der Waals surface area contributed by atoms with Crippen LogP contribution in [0.3, 0.4) is 0 Å². The molecule has 0 aliphatic carbocycles. The Morgan fingerprint density at radius 3 is 0.703 bits per heavy atom. The molecule has 8 aromatic rings. The molecule has 0 unspecified atom stereocenters. The summed E-state index contributed by atoms with van der Waals surface area (Å²) in [4.78, 5) is 4.64. The van der Waals surface area contributed by atoms with E-state index < -0.39 is 0 Å². The minimum absolute atomic E-state index is 1.10. The minimum Gasteiger partial charge on any atom is -0.311 e. The van der Waals surface area contributed by atoms with E-state index in [0.29, 0.717) is 0 Å². The first kappa shape index (κ1) is 43.0. The molecule has 64 heavy (non-hydrogen) atoms. The first-order chi connectivity index (χ1) is 31.2. The molecule has 0 aliphatic heterocycles. The molecule has 0 saturated heterocycles. The number of para-hydroxylation sites is 2. The van der Waals surface area contributed by atoms with Crippen molar-refractivity contribution in [2.45, 2.75) is 41.5 Å². The summed E-state index contributed by atoms with van der Waals surface area (Å²) in [6.45, 7) is 12.8. The van der Waals surface area contributed by atoms with Crippen molar-refractivity contribution < 1.29 is 0 Å². The average Bonchev–Trinajstić information content (AvgIpc) is 3.34.